The fourth-order valence-corrected chi connectivity index (χ4v) is 3.11. The van der Waals surface area contributed by atoms with Crippen LogP contribution in [0, 0.1) is 0 Å². The summed E-state index contributed by atoms with van der Waals surface area (Å²) < 4.78 is 6.80. The first-order valence-electron chi connectivity index (χ1n) is 6.63. The molecule has 6 nitrogen and oxygen atoms in total. The Morgan fingerprint density at radius 2 is 2.29 bits per heavy atom. The van der Waals surface area contributed by atoms with E-state index >= 15 is 0 Å². The smallest absolute Gasteiger partial charge is 0.160 e. The number of fused-ring (bicyclic) bond motifs is 2. The molecule has 1 aliphatic heterocycles. The van der Waals surface area contributed by atoms with Crippen molar-refractivity contribution in [1.82, 2.24) is 20.2 Å². The van der Waals surface area contributed by atoms with Gasteiger partial charge in [0.15, 0.2) is 5.65 Å². The van der Waals surface area contributed by atoms with Crippen molar-refractivity contribution < 1.29 is 4.74 Å². The molecule has 2 N–H and O–H groups in total. The molecule has 3 heterocycles. The number of ether oxygens (including phenoxy) is 1. The van der Waals surface area contributed by atoms with Gasteiger partial charge in [0.25, 0.3) is 0 Å². The van der Waals surface area contributed by atoms with Crippen LogP contribution in [-0.2, 0) is 13.0 Å². The molecule has 0 fully saturated rings. The Bertz CT molecular complexity index is 816. The number of hydrogen-bond acceptors (Lipinski definition) is 5. The van der Waals surface area contributed by atoms with Crippen molar-refractivity contribution in [2.24, 2.45) is 0 Å². The fourth-order valence-electron chi connectivity index (χ4n) is 2.56. The van der Waals surface area contributed by atoms with Crippen molar-refractivity contribution in [3.05, 3.63) is 40.3 Å². The lowest BCUT2D eigenvalue weighted by molar-refractivity contribution is 0.354. The van der Waals surface area contributed by atoms with Crippen LogP contribution in [0.2, 0.25) is 0 Å². The van der Waals surface area contributed by atoms with Crippen LogP contribution in [0.1, 0.15) is 11.1 Å². The van der Waals surface area contributed by atoms with Gasteiger partial charge in [0.2, 0.25) is 0 Å². The highest BCUT2D eigenvalue weighted by Gasteiger charge is 2.17. The van der Waals surface area contributed by atoms with E-state index in [1.807, 2.05) is 0 Å². The molecule has 21 heavy (non-hydrogen) atoms. The lowest BCUT2D eigenvalue weighted by atomic mass is 10.1. The van der Waals surface area contributed by atoms with E-state index in [-0.39, 0.29) is 0 Å². The molecule has 4 rings (SSSR count). The van der Waals surface area contributed by atoms with E-state index in [9.17, 15) is 0 Å². The van der Waals surface area contributed by atoms with Gasteiger partial charge in [0.1, 0.15) is 17.9 Å². The van der Waals surface area contributed by atoms with Crippen LogP contribution in [0.4, 0.5) is 5.82 Å². The zero-order chi connectivity index (χ0) is 14.2. The predicted molar refractivity (Wildman–Crippen MR) is 82.4 cm³/mol. The summed E-state index contributed by atoms with van der Waals surface area (Å²) in [5, 5.41) is 11.0. The SMILES string of the molecule is Brc1cc2c(c(CNc3ncnc4[nH]ncc34)c1)OCC2. The van der Waals surface area contributed by atoms with Gasteiger partial charge in [-0.1, -0.05) is 15.9 Å². The minimum Gasteiger partial charge on any atom is -0.493 e. The van der Waals surface area contributed by atoms with Crippen molar-refractivity contribution in [2.45, 2.75) is 13.0 Å². The van der Waals surface area contributed by atoms with Gasteiger partial charge in [-0.15, -0.1) is 0 Å². The number of nitrogens with zero attached hydrogens (tertiary/aromatic N) is 3. The lowest BCUT2D eigenvalue weighted by Crippen LogP contribution is -2.04. The Balaban J connectivity index is 1.64. The van der Waals surface area contributed by atoms with Crippen molar-refractivity contribution in [1.29, 1.82) is 0 Å². The molecule has 7 heteroatoms. The van der Waals surface area contributed by atoms with E-state index in [1.165, 1.54) is 11.9 Å². The first-order chi connectivity index (χ1) is 10.3. The Hall–Kier alpha value is -2.15. The molecule has 0 aliphatic carbocycles. The Morgan fingerprint density at radius 1 is 1.33 bits per heavy atom. The van der Waals surface area contributed by atoms with Crippen LogP contribution in [0.15, 0.2) is 29.1 Å². The quantitative estimate of drug-likeness (QED) is 0.763. The number of anilines is 1. The maximum absolute atomic E-state index is 5.73. The predicted octanol–water partition coefficient (Wildman–Crippen LogP) is 2.66. The number of aromatic amines is 1. The highest BCUT2D eigenvalue weighted by molar-refractivity contribution is 9.10. The van der Waals surface area contributed by atoms with Gasteiger partial charge in [0, 0.05) is 23.0 Å². The topological polar surface area (TPSA) is 75.7 Å². The van der Waals surface area contributed by atoms with E-state index in [2.05, 4.69) is 53.5 Å². The van der Waals surface area contributed by atoms with Crippen molar-refractivity contribution in [3.8, 4) is 5.75 Å². The summed E-state index contributed by atoms with van der Waals surface area (Å²) in [5.41, 5.74) is 3.09. The third-order valence-corrected chi connectivity index (χ3v) is 3.98. The molecule has 0 amide bonds. The summed E-state index contributed by atoms with van der Waals surface area (Å²) in [6.07, 6.45) is 4.20. The minimum atomic E-state index is 0.638. The third kappa shape index (κ3) is 2.23. The molecule has 0 atom stereocenters. The zero-order valence-electron chi connectivity index (χ0n) is 11.1. The fraction of sp³-hybridized carbons (Fsp3) is 0.214. The van der Waals surface area contributed by atoms with E-state index < -0.39 is 0 Å². The maximum atomic E-state index is 5.73. The monoisotopic (exact) mass is 345 g/mol. The van der Waals surface area contributed by atoms with E-state index in [0.717, 1.165) is 45.7 Å². The van der Waals surface area contributed by atoms with Crippen molar-refractivity contribution >= 4 is 32.8 Å². The van der Waals surface area contributed by atoms with Gasteiger partial charge in [-0.25, -0.2) is 9.97 Å². The summed E-state index contributed by atoms with van der Waals surface area (Å²) in [6, 6.07) is 4.19. The highest BCUT2D eigenvalue weighted by Crippen LogP contribution is 2.33. The first kappa shape index (κ1) is 12.6. The van der Waals surface area contributed by atoms with Gasteiger partial charge >= 0.3 is 0 Å². The van der Waals surface area contributed by atoms with Gasteiger partial charge in [-0.3, -0.25) is 5.10 Å². The van der Waals surface area contributed by atoms with Gasteiger partial charge in [-0.2, -0.15) is 5.10 Å². The molecule has 0 radical (unpaired) electrons. The van der Waals surface area contributed by atoms with E-state index in [1.54, 1.807) is 6.20 Å². The highest BCUT2D eigenvalue weighted by atomic mass is 79.9. The van der Waals surface area contributed by atoms with Crippen LogP contribution < -0.4 is 10.1 Å². The average Bonchev–Trinajstić information content (AvgIpc) is 3.12. The van der Waals surface area contributed by atoms with Crippen LogP contribution in [-0.4, -0.2) is 26.8 Å². The first-order valence-corrected chi connectivity index (χ1v) is 7.42. The molecular formula is C14H12BrN5O. The second kappa shape index (κ2) is 5.00. The normalized spacial score (nSPS) is 13.2. The van der Waals surface area contributed by atoms with Crippen LogP contribution in [0.3, 0.4) is 0 Å². The standard InChI is InChI=1S/C14H12BrN5O/c15-10-3-8-1-2-21-12(8)9(4-10)5-16-13-11-6-19-20-14(11)18-7-17-13/h3-4,6-7H,1-2,5H2,(H2,16,17,18,19,20). The van der Waals surface area contributed by atoms with Crippen LogP contribution in [0.5, 0.6) is 5.75 Å². The Morgan fingerprint density at radius 3 is 3.24 bits per heavy atom. The Labute approximate surface area is 129 Å². The summed E-state index contributed by atoms with van der Waals surface area (Å²) >= 11 is 3.55. The number of aromatic nitrogens is 4. The third-order valence-electron chi connectivity index (χ3n) is 3.52. The molecule has 0 saturated heterocycles. The molecule has 2 aromatic heterocycles. The molecule has 0 unspecified atom stereocenters. The largest absolute Gasteiger partial charge is 0.493 e. The molecule has 106 valence electrons. The number of nitrogens with one attached hydrogen (secondary N) is 2. The summed E-state index contributed by atoms with van der Waals surface area (Å²) in [6.45, 7) is 1.39. The number of benzene rings is 1. The molecule has 0 bridgehead atoms. The van der Waals surface area contributed by atoms with Gasteiger partial charge < -0.3 is 10.1 Å². The van der Waals surface area contributed by atoms with E-state index in [4.69, 9.17) is 4.74 Å². The van der Waals surface area contributed by atoms with Crippen molar-refractivity contribution in [3.63, 3.8) is 0 Å². The Kier molecular flexibility index (Phi) is 2.99. The van der Waals surface area contributed by atoms with Crippen LogP contribution in [0.25, 0.3) is 11.0 Å². The molecule has 3 aromatic rings. The zero-order valence-corrected chi connectivity index (χ0v) is 12.6. The van der Waals surface area contributed by atoms with Crippen molar-refractivity contribution in [2.75, 3.05) is 11.9 Å². The molecule has 1 aliphatic rings. The van der Waals surface area contributed by atoms with Gasteiger partial charge in [-0.05, 0) is 17.7 Å². The second-order valence-electron chi connectivity index (χ2n) is 4.86. The van der Waals surface area contributed by atoms with Gasteiger partial charge in [0.05, 0.1) is 18.2 Å². The molecular weight excluding hydrogens is 334 g/mol. The number of halogens is 1. The minimum absolute atomic E-state index is 0.638. The summed E-state index contributed by atoms with van der Waals surface area (Å²) in [7, 11) is 0. The van der Waals surface area contributed by atoms with Crippen LogP contribution >= 0.6 is 15.9 Å². The lowest BCUT2D eigenvalue weighted by Gasteiger charge is -2.11. The molecule has 0 spiro atoms. The summed E-state index contributed by atoms with van der Waals surface area (Å²) in [5.74, 6) is 1.75. The summed E-state index contributed by atoms with van der Waals surface area (Å²) in [4.78, 5) is 8.40. The number of H-pyrrole nitrogens is 1. The second-order valence-corrected chi connectivity index (χ2v) is 5.78. The number of hydrogen-bond donors (Lipinski definition) is 2. The van der Waals surface area contributed by atoms with E-state index in [0.29, 0.717) is 6.54 Å². The molecule has 0 saturated carbocycles. The average molecular weight is 346 g/mol. The molecule has 1 aromatic carbocycles. The maximum Gasteiger partial charge on any atom is 0.160 e. The number of rotatable bonds is 3.